The lowest BCUT2D eigenvalue weighted by Crippen LogP contribution is -2.46. The summed E-state index contributed by atoms with van der Waals surface area (Å²) < 4.78 is 22.5. The zero-order valence-electron chi connectivity index (χ0n) is 16.1. The largest absolute Gasteiger partial charge is 0.326 e. The van der Waals surface area contributed by atoms with E-state index in [1.54, 1.807) is 0 Å². The Balaban J connectivity index is 1.38. The number of nitrogens with zero attached hydrogens (tertiary/aromatic N) is 2. The molecule has 2 aromatic carbocycles. The van der Waals surface area contributed by atoms with E-state index in [9.17, 15) is 13.2 Å². The molecule has 0 unspecified atom stereocenters. The molecule has 156 valence electrons. The van der Waals surface area contributed by atoms with Gasteiger partial charge in [-0.2, -0.15) is 0 Å². The zero-order chi connectivity index (χ0) is 20.9. The van der Waals surface area contributed by atoms with Gasteiger partial charge in [-0.25, -0.2) is 13.6 Å². The van der Waals surface area contributed by atoms with Crippen LogP contribution in [0.4, 0.5) is 5.69 Å². The quantitative estimate of drug-likeness (QED) is 0.693. The van der Waals surface area contributed by atoms with E-state index in [2.05, 4.69) is 27.2 Å². The molecular weight excluding hydrogens is 412 g/mol. The fourth-order valence-corrected chi connectivity index (χ4v) is 3.87. The van der Waals surface area contributed by atoms with Crippen molar-refractivity contribution in [2.24, 2.45) is 5.14 Å². The highest BCUT2D eigenvalue weighted by Gasteiger charge is 2.17. The monoisotopic (exact) mass is 436 g/mol. The van der Waals surface area contributed by atoms with Gasteiger partial charge in [0.1, 0.15) is 0 Å². The van der Waals surface area contributed by atoms with Crippen molar-refractivity contribution in [2.45, 2.75) is 17.9 Å². The van der Waals surface area contributed by atoms with Crippen LogP contribution in [0.15, 0.2) is 53.4 Å². The molecule has 1 heterocycles. The molecule has 1 fully saturated rings. The standard InChI is InChI=1S/C20H25ClN4O3S/c21-17-3-1-16(2-4-17)15-25-13-11-24(12-14-25)10-9-20(26)23-18-5-7-19(8-6-18)29(22,27)28/h1-8H,9-15H2,(H,23,26)(H2,22,27,28). The maximum atomic E-state index is 12.2. The molecule has 29 heavy (non-hydrogen) atoms. The molecule has 0 atom stereocenters. The smallest absolute Gasteiger partial charge is 0.238 e. The van der Waals surface area contributed by atoms with Crippen LogP contribution >= 0.6 is 11.6 Å². The molecule has 0 radical (unpaired) electrons. The minimum Gasteiger partial charge on any atom is -0.326 e. The first kappa shape index (κ1) is 21.7. The minimum absolute atomic E-state index is 0.0203. The summed E-state index contributed by atoms with van der Waals surface area (Å²) in [5, 5.41) is 8.60. The fraction of sp³-hybridized carbons (Fsp3) is 0.350. The van der Waals surface area contributed by atoms with Gasteiger partial charge in [0.15, 0.2) is 0 Å². The summed E-state index contributed by atoms with van der Waals surface area (Å²) in [4.78, 5) is 16.9. The van der Waals surface area contributed by atoms with Gasteiger partial charge >= 0.3 is 0 Å². The van der Waals surface area contributed by atoms with Crippen LogP contribution in [-0.4, -0.2) is 56.8 Å². The molecule has 7 nitrogen and oxygen atoms in total. The second-order valence-corrected chi connectivity index (χ2v) is 9.11. The van der Waals surface area contributed by atoms with Crippen LogP contribution in [0.2, 0.25) is 5.02 Å². The maximum absolute atomic E-state index is 12.2. The number of nitrogens with one attached hydrogen (secondary N) is 1. The molecule has 0 spiro atoms. The van der Waals surface area contributed by atoms with Crippen molar-refractivity contribution in [1.82, 2.24) is 9.80 Å². The zero-order valence-corrected chi connectivity index (χ0v) is 17.6. The number of anilines is 1. The molecule has 1 aliphatic rings. The lowest BCUT2D eigenvalue weighted by Gasteiger charge is -2.34. The van der Waals surface area contributed by atoms with Crippen molar-refractivity contribution in [1.29, 1.82) is 0 Å². The summed E-state index contributed by atoms with van der Waals surface area (Å²) >= 11 is 5.93. The maximum Gasteiger partial charge on any atom is 0.238 e. The molecule has 3 N–H and O–H groups in total. The molecule has 3 rings (SSSR count). The summed E-state index contributed by atoms with van der Waals surface area (Å²) in [6.45, 7) is 5.35. The average Bonchev–Trinajstić information content (AvgIpc) is 2.69. The van der Waals surface area contributed by atoms with Crippen LogP contribution in [-0.2, 0) is 21.4 Å². The first-order valence-corrected chi connectivity index (χ1v) is 11.3. The van der Waals surface area contributed by atoms with E-state index in [1.807, 2.05) is 12.1 Å². The van der Waals surface area contributed by atoms with Gasteiger partial charge in [-0.15, -0.1) is 0 Å². The molecule has 0 saturated carbocycles. The third-order valence-corrected chi connectivity index (χ3v) is 6.09. The number of piperazine rings is 1. The minimum atomic E-state index is -3.73. The lowest BCUT2D eigenvalue weighted by atomic mass is 10.2. The van der Waals surface area contributed by atoms with Gasteiger partial charge in [0.05, 0.1) is 4.90 Å². The van der Waals surface area contributed by atoms with E-state index in [0.29, 0.717) is 18.7 Å². The number of rotatable bonds is 7. The summed E-state index contributed by atoms with van der Waals surface area (Å²) in [6.07, 6.45) is 0.383. The predicted molar refractivity (Wildman–Crippen MR) is 114 cm³/mol. The van der Waals surface area contributed by atoms with Gasteiger partial charge in [0.2, 0.25) is 15.9 Å². The number of primary sulfonamides is 1. The Morgan fingerprint density at radius 1 is 0.966 bits per heavy atom. The molecule has 2 aromatic rings. The Bertz CT molecular complexity index is 925. The second-order valence-electron chi connectivity index (χ2n) is 7.11. The highest BCUT2D eigenvalue weighted by molar-refractivity contribution is 7.89. The topological polar surface area (TPSA) is 95.7 Å². The van der Waals surface area contributed by atoms with Crippen LogP contribution in [0.3, 0.4) is 0 Å². The molecule has 1 amide bonds. The number of halogens is 1. The molecule has 0 bridgehead atoms. The van der Waals surface area contributed by atoms with Crippen molar-refractivity contribution in [3.63, 3.8) is 0 Å². The summed E-state index contributed by atoms with van der Waals surface area (Å²) in [6, 6.07) is 13.8. The number of hydrogen-bond acceptors (Lipinski definition) is 5. The van der Waals surface area contributed by atoms with Crippen LogP contribution in [0.25, 0.3) is 0 Å². The SMILES string of the molecule is NS(=O)(=O)c1ccc(NC(=O)CCN2CCN(Cc3ccc(Cl)cc3)CC2)cc1. The molecule has 0 aromatic heterocycles. The number of amides is 1. The van der Waals surface area contributed by atoms with E-state index in [0.717, 1.165) is 37.7 Å². The Morgan fingerprint density at radius 2 is 1.55 bits per heavy atom. The van der Waals surface area contributed by atoms with Crippen molar-refractivity contribution in [2.75, 3.05) is 38.0 Å². The first-order valence-electron chi connectivity index (χ1n) is 9.41. The van der Waals surface area contributed by atoms with E-state index >= 15 is 0 Å². The Labute approximate surface area is 176 Å². The fourth-order valence-electron chi connectivity index (χ4n) is 3.23. The van der Waals surface area contributed by atoms with Gasteiger partial charge in [-0.05, 0) is 42.0 Å². The van der Waals surface area contributed by atoms with Gasteiger partial charge in [-0.3, -0.25) is 9.69 Å². The van der Waals surface area contributed by atoms with E-state index in [-0.39, 0.29) is 10.8 Å². The summed E-state index contributed by atoms with van der Waals surface area (Å²) in [5.74, 6) is -0.100. The third kappa shape index (κ3) is 6.80. The van der Waals surface area contributed by atoms with Crippen LogP contribution in [0, 0.1) is 0 Å². The number of nitrogens with two attached hydrogens (primary N) is 1. The highest BCUT2D eigenvalue weighted by atomic mass is 35.5. The Hall–Kier alpha value is -1.97. The lowest BCUT2D eigenvalue weighted by molar-refractivity contribution is -0.116. The van der Waals surface area contributed by atoms with Crippen LogP contribution < -0.4 is 10.5 Å². The second kappa shape index (κ2) is 9.69. The molecule has 9 heteroatoms. The predicted octanol–water partition coefficient (Wildman–Crippen LogP) is 2.13. The van der Waals surface area contributed by atoms with E-state index in [4.69, 9.17) is 16.7 Å². The van der Waals surface area contributed by atoms with E-state index in [1.165, 1.54) is 29.8 Å². The van der Waals surface area contributed by atoms with Gasteiger partial charge in [-0.1, -0.05) is 23.7 Å². The van der Waals surface area contributed by atoms with Crippen LogP contribution in [0.5, 0.6) is 0 Å². The Morgan fingerprint density at radius 3 is 2.14 bits per heavy atom. The van der Waals surface area contributed by atoms with Gasteiger partial charge in [0, 0.05) is 56.4 Å². The highest BCUT2D eigenvalue weighted by Crippen LogP contribution is 2.14. The van der Waals surface area contributed by atoms with Crippen molar-refractivity contribution in [3.05, 3.63) is 59.1 Å². The molecular formula is C20H25ClN4O3S. The summed E-state index contributed by atoms with van der Waals surface area (Å²) in [5.41, 5.74) is 1.80. The molecule has 1 aliphatic heterocycles. The Kier molecular flexibility index (Phi) is 7.26. The van der Waals surface area contributed by atoms with Crippen molar-refractivity contribution in [3.8, 4) is 0 Å². The summed E-state index contributed by atoms with van der Waals surface area (Å²) in [7, 11) is -3.73. The average molecular weight is 437 g/mol. The third-order valence-electron chi connectivity index (χ3n) is 4.91. The first-order chi connectivity index (χ1) is 13.8. The molecule has 0 aliphatic carbocycles. The van der Waals surface area contributed by atoms with Gasteiger partial charge < -0.3 is 10.2 Å². The van der Waals surface area contributed by atoms with Crippen LogP contribution in [0.1, 0.15) is 12.0 Å². The number of carbonyl (C=O) groups is 1. The number of hydrogen-bond donors (Lipinski definition) is 2. The number of sulfonamides is 1. The van der Waals surface area contributed by atoms with Gasteiger partial charge in [0.25, 0.3) is 0 Å². The van der Waals surface area contributed by atoms with Crippen molar-refractivity contribution < 1.29 is 13.2 Å². The van der Waals surface area contributed by atoms with E-state index < -0.39 is 10.0 Å². The number of benzene rings is 2. The van der Waals surface area contributed by atoms with Crippen molar-refractivity contribution >= 4 is 33.2 Å². The molecule has 1 saturated heterocycles. The number of carbonyl (C=O) groups excluding carboxylic acids is 1. The normalized spacial score (nSPS) is 15.9.